The Morgan fingerprint density at radius 1 is 1.16 bits per heavy atom. The molecule has 0 unspecified atom stereocenters. The van der Waals surface area contributed by atoms with Gasteiger partial charge in [0.05, 0.1) is 5.56 Å². The maximum absolute atomic E-state index is 5.65. The van der Waals surface area contributed by atoms with Crippen LogP contribution in [-0.2, 0) is 0 Å². The quantitative estimate of drug-likeness (QED) is 0.774. The molecule has 0 saturated heterocycles. The van der Waals surface area contributed by atoms with Gasteiger partial charge in [0, 0.05) is 18.5 Å². The van der Waals surface area contributed by atoms with Crippen molar-refractivity contribution in [3.05, 3.63) is 55.9 Å². The lowest BCUT2D eigenvalue weighted by molar-refractivity contribution is 0.346. The molecule has 2 rings (SSSR count). The first-order valence-corrected chi connectivity index (χ1v) is 5.96. The lowest BCUT2D eigenvalue weighted by atomic mass is 10.2. The van der Waals surface area contributed by atoms with Crippen LogP contribution in [0.2, 0.25) is 0 Å². The van der Waals surface area contributed by atoms with E-state index in [0.29, 0.717) is 19.0 Å². The smallest absolute Gasteiger partial charge is 0.141 e. The molecule has 0 aliphatic rings. The Morgan fingerprint density at radius 2 is 1.95 bits per heavy atom. The van der Waals surface area contributed by atoms with Crippen LogP contribution in [0.5, 0.6) is 11.5 Å². The SMILES string of the molecule is C=CCOc1ccc(-c2ncc[nH]2)c(OCC=C)c1. The fourth-order valence-electron chi connectivity index (χ4n) is 1.62. The molecule has 4 nitrogen and oxygen atoms in total. The van der Waals surface area contributed by atoms with Crippen LogP contribution in [0, 0.1) is 0 Å². The number of imidazole rings is 1. The normalized spacial score (nSPS) is 9.89. The Morgan fingerprint density at radius 3 is 2.63 bits per heavy atom. The molecule has 1 N–H and O–H groups in total. The van der Waals surface area contributed by atoms with Crippen LogP contribution in [0.1, 0.15) is 0 Å². The first kappa shape index (κ1) is 13.0. The van der Waals surface area contributed by atoms with Gasteiger partial charge in [-0.1, -0.05) is 25.3 Å². The first-order chi connectivity index (χ1) is 9.35. The topological polar surface area (TPSA) is 47.1 Å². The van der Waals surface area contributed by atoms with Gasteiger partial charge in [0.25, 0.3) is 0 Å². The number of nitrogens with zero attached hydrogens (tertiary/aromatic N) is 1. The Labute approximate surface area is 112 Å². The van der Waals surface area contributed by atoms with E-state index in [1.54, 1.807) is 24.5 Å². The Bertz CT molecular complexity index is 547. The maximum Gasteiger partial charge on any atom is 0.141 e. The summed E-state index contributed by atoms with van der Waals surface area (Å²) in [4.78, 5) is 7.29. The van der Waals surface area contributed by atoms with Gasteiger partial charge in [-0.3, -0.25) is 0 Å². The molecule has 0 radical (unpaired) electrons. The number of aromatic amines is 1. The zero-order valence-corrected chi connectivity index (χ0v) is 10.6. The minimum atomic E-state index is 0.429. The highest BCUT2D eigenvalue weighted by molar-refractivity contribution is 5.65. The molecule has 0 aliphatic heterocycles. The number of aromatic nitrogens is 2. The lowest BCUT2D eigenvalue weighted by Crippen LogP contribution is -1.98. The van der Waals surface area contributed by atoms with Crippen LogP contribution in [0.25, 0.3) is 11.4 Å². The number of hydrogen-bond donors (Lipinski definition) is 1. The van der Waals surface area contributed by atoms with Crippen molar-refractivity contribution in [2.75, 3.05) is 13.2 Å². The van der Waals surface area contributed by atoms with E-state index in [1.165, 1.54) is 0 Å². The van der Waals surface area contributed by atoms with Crippen LogP contribution < -0.4 is 9.47 Å². The van der Waals surface area contributed by atoms with Crippen LogP contribution in [0.15, 0.2) is 55.9 Å². The molecule has 0 amide bonds. The average Bonchev–Trinajstić information content (AvgIpc) is 2.97. The number of rotatable bonds is 7. The average molecular weight is 256 g/mol. The molecule has 1 aromatic heterocycles. The number of benzene rings is 1. The monoisotopic (exact) mass is 256 g/mol. The summed E-state index contributed by atoms with van der Waals surface area (Å²) in [5.74, 6) is 2.19. The van der Waals surface area contributed by atoms with Crippen molar-refractivity contribution in [3.63, 3.8) is 0 Å². The second-order valence-electron chi connectivity index (χ2n) is 3.80. The van der Waals surface area contributed by atoms with Crippen molar-refractivity contribution in [1.29, 1.82) is 0 Å². The minimum Gasteiger partial charge on any atom is -0.489 e. The van der Waals surface area contributed by atoms with Crippen LogP contribution >= 0.6 is 0 Å². The molecule has 2 aromatic rings. The Balaban J connectivity index is 2.31. The van der Waals surface area contributed by atoms with E-state index in [2.05, 4.69) is 23.1 Å². The highest BCUT2D eigenvalue weighted by atomic mass is 16.5. The molecular weight excluding hydrogens is 240 g/mol. The van der Waals surface area contributed by atoms with Crippen molar-refractivity contribution in [2.24, 2.45) is 0 Å². The van der Waals surface area contributed by atoms with Gasteiger partial charge in [-0.05, 0) is 12.1 Å². The van der Waals surface area contributed by atoms with Gasteiger partial charge >= 0.3 is 0 Å². The van der Waals surface area contributed by atoms with E-state index < -0.39 is 0 Å². The third-order valence-electron chi connectivity index (χ3n) is 2.43. The second-order valence-corrected chi connectivity index (χ2v) is 3.80. The van der Waals surface area contributed by atoms with E-state index in [-0.39, 0.29) is 0 Å². The molecule has 0 aliphatic carbocycles. The third-order valence-corrected chi connectivity index (χ3v) is 2.43. The number of ether oxygens (including phenoxy) is 2. The minimum absolute atomic E-state index is 0.429. The summed E-state index contributed by atoms with van der Waals surface area (Å²) in [5, 5.41) is 0. The standard InChI is InChI=1S/C15H16N2O2/c1-3-9-18-12-5-6-13(15-16-7-8-17-15)14(11-12)19-10-4-2/h3-8,11H,1-2,9-10H2,(H,16,17). The third kappa shape index (κ3) is 3.25. The van der Waals surface area contributed by atoms with E-state index >= 15 is 0 Å². The van der Waals surface area contributed by atoms with Gasteiger partial charge in [-0.15, -0.1) is 0 Å². The molecule has 0 saturated carbocycles. The number of nitrogens with one attached hydrogen (secondary N) is 1. The summed E-state index contributed by atoms with van der Waals surface area (Å²) < 4.78 is 11.1. The zero-order valence-electron chi connectivity index (χ0n) is 10.6. The Hall–Kier alpha value is -2.49. The summed E-state index contributed by atoms with van der Waals surface area (Å²) >= 11 is 0. The molecule has 0 atom stereocenters. The number of H-pyrrole nitrogens is 1. The maximum atomic E-state index is 5.65. The summed E-state index contributed by atoms with van der Waals surface area (Å²) in [6.45, 7) is 8.16. The van der Waals surface area contributed by atoms with Crippen molar-refractivity contribution in [3.8, 4) is 22.9 Å². The highest BCUT2D eigenvalue weighted by Crippen LogP contribution is 2.31. The van der Waals surface area contributed by atoms with Crippen molar-refractivity contribution in [1.82, 2.24) is 9.97 Å². The van der Waals surface area contributed by atoms with Crippen LogP contribution in [-0.4, -0.2) is 23.2 Å². The molecule has 0 bridgehead atoms. The molecule has 0 fully saturated rings. The van der Waals surface area contributed by atoms with Crippen molar-refractivity contribution in [2.45, 2.75) is 0 Å². The van der Waals surface area contributed by atoms with Crippen LogP contribution in [0.3, 0.4) is 0 Å². The summed E-state index contributed by atoms with van der Waals surface area (Å²) in [6.07, 6.45) is 6.87. The van der Waals surface area contributed by atoms with Crippen LogP contribution in [0.4, 0.5) is 0 Å². The fraction of sp³-hybridized carbons (Fsp3) is 0.133. The molecule has 1 heterocycles. The predicted octanol–water partition coefficient (Wildman–Crippen LogP) is 3.21. The predicted molar refractivity (Wildman–Crippen MR) is 75.4 cm³/mol. The summed E-state index contributed by atoms with van der Waals surface area (Å²) in [6, 6.07) is 5.63. The van der Waals surface area contributed by atoms with E-state index in [1.807, 2.05) is 18.2 Å². The highest BCUT2D eigenvalue weighted by Gasteiger charge is 2.10. The fourth-order valence-corrected chi connectivity index (χ4v) is 1.62. The van der Waals surface area contributed by atoms with Gasteiger partial charge in [-0.25, -0.2) is 4.98 Å². The summed E-state index contributed by atoms with van der Waals surface area (Å²) in [5.41, 5.74) is 0.887. The molecule has 1 aromatic carbocycles. The van der Waals surface area contributed by atoms with Gasteiger partial charge < -0.3 is 14.5 Å². The Kier molecular flexibility index (Phi) is 4.39. The summed E-state index contributed by atoms with van der Waals surface area (Å²) in [7, 11) is 0. The second kappa shape index (κ2) is 6.44. The molecule has 0 spiro atoms. The molecule has 98 valence electrons. The van der Waals surface area contributed by atoms with Gasteiger partial charge in [0.1, 0.15) is 30.5 Å². The zero-order chi connectivity index (χ0) is 13.5. The lowest BCUT2D eigenvalue weighted by Gasteiger charge is -2.11. The number of hydrogen-bond acceptors (Lipinski definition) is 3. The first-order valence-electron chi connectivity index (χ1n) is 5.96. The van der Waals surface area contributed by atoms with Gasteiger partial charge in [0.15, 0.2) is 0 Å². The van der Waals surface area contributed by atoms with Gasteiger partial charge in [0.2, 0.25) is 0 Å². The van der Waals surface area contributed by atoms with E-state index in [0.717, 1.165) is 17.1 Å². The largest absolute Gasteiger partial charge is 0.489 e. The molecule has 19 heavy (non-hydrogen) atoms. The van der Waals surface area contributed by atoms with Crippen molar-refractivity contribution < 1.29 is 9.47 Å². The molecular formula is C15H16N2O2. The van der Waals surface area contributed by atoms with E-state index in [9.17, 15) is 0 Å². The van der Waals surface area contributed by atoms with Crippen molar-refractivity contribution >= 4 is 0 Å². The van der Waals surface area contributed by atoms with E-state index in [4.69, 9.17) is 9.47 Å². The molecule has 4 heteroatoms. The van der Waals surface area contributed by atoms with Gasteiger partial charge in [-0.2, -0.15) is 0 Å².